The first-order valence-electron chi connectivity index (χ1n) is 4.50. The Hall–Kier alpha value is -0.870. The molecule has 1 aromatic rings. The standard InChI is InChI=1S/C11H13BrFNO/c1-6(2)5-9(14)7-3-4-8(12)10(13)11(7)15/h3-4,9,15H,1,5,14H2,2H3/t9-/m0/s1. The normalized spacial score (nSPS) is 12.5. The Morgan fingerprint density at radius 3 is 2.80 bits per heavy atom. The van der Waals surface area contributed by atoms with Crippen LogP contribution in [0.3, 0.4) is 0 Å². The third-order valence-electron chi connectivity index (χ3n) is 2.07. The van der Waals surface area contributed by atoms with E-state index < -0.39 is 17.6 Å². The molecule has 0 spiro atoms. The fourth-order valence-corrected chi connectivity index (χ4v) is 1.66. The van der Waals surface area contributed by atoms with Gasteiger partial charge in [-0.25, -0.2) is 4.39 Å². The Balaban J connectivity index is 3.05. The second-order valence-corrected chi connectivity index (χ2v) is 4.42. The van der Waals surface area contributed by atoms with E-state index in [0.717, 1.165) is 5.57 Å². The van der Waals surface area contributed by atoms with Crippen molar-refractivity contribution in [3.63, 3.8) is 0 Å². The average Bonchev–Trinajstić information content (AvgIpc) is 2.13. The van der Waals surface area contributed by atoms with Gasteiger partial charge in [-0.1, -0.05) is 11.6 Å². The van der Waals surface area contributed by atoms with Crippen LogP contribution in [0.1, 0.15) is 24.9 Å². The van der Waals surface area contributed by atoms with Crippen LogP contribution in [-0.2, 0) is 0 Å². The van der Waals surface area contributed by atoms with Crippen LogP contribution in [-0.4, -0.2) is 5.11 Å². The average molecular weight is 274 g/mol. The van der Waals surface area contributed by atoms with E-state index in [1.807, 2.05) is 6.92 Å². The number of rotatable bonds is 3. The van der Waals surface area contributed by atoms with Gasteiger partial charge < -0.3 is 10.8 Å². The highest BCUT2D eigenvalue weighted by Crippen LogP contribution is 2.32. The van der Waals surface area contributed by atoms with Gasteiger partial charge in [0.15, 0.2) is 11.6 Å². The number of hydrogen-bond acceptors (Lipinski definition) is 2. The summed E-state index contributed by atoms with van der Waals surface area (Å²) in [6, 6.07) is 2.71. The molecule has 0 heterocycles. The van der Waals surface area contributed by atoms with Crippen LogP contribution in [0.15, 0.2) is 28.8 Å². The van der Waals surface area contributed by atoms with Crippen LogP contribution in [0.4, 0.5) is 4.39 Å². The molecule has 0 bridgehead atoms. The van der Waals surface area contributed by atoms with E-state index in [2.05, 4.69) is 22.5 Å². The highest BCUT2D eigenvalue weighted by Gasteiger charge is 2.16. The summed E-state index contributed by atoms with van der Waals surface area (Å²) in [5, 5.41) is 9.55. The molecule has 0 aliphatic carbocycles. The van der Waals surface area contributed by atoms with Crippen molar-refractivity contribution in [2.75, 3.05) is 0 Å². The van der Waals surface area contributed by atoms with Crippen molar-refractivity contribution in [1.82, 2.24) is 0 Å². The molecule has 0 aliphatic rings. The highest BCUT2D eigenvalue weighted by molar-refractivity contribution is 9.10. The monoisotopic (exact) mass is 273 g/mol. The van der Waals surface area contributed by atoms with Gasteiger partial charge in [-0.2, -0.15) is 0 Å². The maximum absolute atomic E-state index is 13.3. The lowest BCUT2D eigenvalue weighted by Gasteiger charge is -2.14. The van der Waals surface area contributed by atoms with Gasteiger partial charge in [0.25, 0.3) is 0 Å². The topological polar surface area (TPSA) is 46.2 Å². The smallest absolute Gasteiger partial charge is 0.179 e. The molecule has 1 aromatic carbocycles. The first-order chi connectivity index (χ1) is 6.93. The number of hydrogen-bond donors (Lipinski definition) is 2. The molecular weight excluding hydrogens is 261 g/mol. The summed E-state index contributed by atoms with van der Waals surface area (Å²) in [6.07, 6.45) is 0.522. The molecule has 0 fully saturated rings. The van der Waals surface area contributed by atoms with E-state index >= 15 is 0 Å². The molecule has 0 aliphatic heterocycles. The van der Waals surface area contributed by atoms with Crippen molar-refractivity contribution in [1.29, 1.82) is 0 Å². The van der Waals surface area contributed by atoms with Crippen LogP contribution in [0, 0.1) is 5.82 Å². The molecule has 82 valence electrons. The molecule has 15 heavy (non-hydrogen) atoms. The van der Waals surface area contributed by atoms with Gasteiger partial charge in [-0.15, -0.1) is 6.58 Å². The molecule has 0 saturated carbocycles. The second kappa shape index (κ2) is 4.77. The van der Waals surface area contributed by atoms with Gasteiger partial charge >= 0.3 is 0 Å². The first-order valence-corrected chi connectivity index (χ1v) is 5.29. The molecule has 1 rings (SSSR count). The quantitative estimate of drug-likeness (QED) is 0.831. The van der Waals surface area contributed by atoms with Crippen molar-refractivity contribution in [2.45, 2.75) is 19.4 Å². The van der Waals surface area contributed by atoms with Gasteiger partial charge in [0.2, 0.25) is 0 Å². The molecule has 3 N–H and O–H groups in total. The summed E-state index contributed by atoms with van der Waals surface area (Å²) in [5.41, 5.74) is 7.11. The van der Waals surface area contributed by atoms with Crippen LogP contribution < -0.4 is 5.73 Å². The summed E-state index contributed by atoms with van der Waals surface area (Å²) in [4.78, 5) is 0. The molecule has 0 amide bonds. The molecule has 2 nitrogen and oxygen atoms in total. The predicted octanol–water partition coefficient (Wildman–Crippen LogP) is 3.26. The molecule has 0 saturated heterocycles. The molecule has 0 unspecified atom stereocenters. The lowest BCUT2D eigenvalue weighted by molar-refractivity contribution is 0.418. The summed E-state index contributed by atoms with van der Waals surface area (Å²) in [7, 11) is 0. The molecule has 1 atom stereocenters. The van der Waals surface area contributed by atoms with Crippen LogP contribution >= 0.6 is 15.9 Å². The summed E-state index contributed by atoms with van der Waals surface area (Å²) in [6.45, 7) is 5.57. The molecule has 0 aromatic heterocycles. The number of halogens is 2. The van der Waals surface area contributed by atoms with Gasteiger partial charge in [0.05, 0.1) is 4.47 Å². The lowest BCUT2D eigenvalue weighted by atomic mass is 10.0. The minimum Gasteiger partial charge on any atom is -0.505 e. The van der Waals surface area contributed by atoms with E-state index in [9.17, 15) is 9.50 Å². The Kier molecular flexibility index (Phi) is 3.88. The zero-order chi connectivity index (χ0) is 11.6. The van der Waals surface area contributed by atoms with Gasteiger partial charge in [0, 0.05) is 11.6 Å². The van der Waals surface area contributed by atoms with E-state index in [0.29, 0.717) is 12.0 Å². The molecule has 4 heteroatoms. The Morgan fingerprint density at radius 1 is 1.67 bits per heavy atom. The first kappa shape index (κ1) is 12.2. The number of benzene rings is 1. The van der Waals surface area contributed by atoms with E-state index in [4.69, 9.17) is 5.73 Å². The zero-order valence-electron chi connectivity index (χ0n) is 8.43. The summed E-state index contributed by atoms with van der Waals surface area (Å²) < 4.78 is 13.5. The highest BCUT2D eigenvalue weighted by atomic mass is 79.9. The Morgan fingerprint density at radius 2 is 2.27 bits per heavy atom. The summed E-state index contributed by atoms with van der Waals surface area (Å²) in [5.74, 6) is -1.07. The van der Waals surface area contributed by atoms with E-state index in [1.54, 1.807) is 6.07 Å². The Labute approximate surface area is 96.7 Å². The minimum absolute atomic E-state index is 0.228. The third kappa shape index (κ3) is 2.79. The maximum atomic E-state index is 13.3. The number of phenolic OH excluding ortho intramolecular Hbond substituents is 1. The SMILES string of the molecule is C=C(C)C[C@H](N)c1ccc(Br)c(F)c1O. The molecule has 0 radical (unpaired) electrons. The summed E-state index contributed by atoms with van der Waals surface area (Å²) >= 11 is 2.99. The third-order valence-corrected chi connectivity index (χ3v) is 2.68. The van der Waals surface area contributed by atoms with Crippen LogP contribution in [0.2, 0.25) is 0 Å². The number of phenols is 1. The minimum atomic E-state index is -0.676. The van der Waals surface area contributed by atoms with Crippen molar-refractivity contribution in [2.24, 2.45) is 5.73 Å². The van der Waals surface area contributed by atoms with Crippen molar-refractivity contribution < 1.29 is 9.50 Å². The Bertz CT molecular complexity index is 392. The fourth-order valence-electron chi connectivity index (χ4n) is 1.34. The zero-order valence-corrected chi connectivity index (χ0v) is 10.0. The number of aromatic hydroxyl groups is 1. The maximum Gasteiger partial charge on any atom is 0.179 e. The van der Waals surface area contributed by atoms with Crippen molar-refractivity contribution in [3.05, 3.63) is 40.1 Å². The van der Waals surface area contributed by atoms with Crippen LogP contribution in [0.25, 0.3) is 0 Å². The largest absolute Gasteiger partial charge is 0.505 e. The van der Waals surface area contributed by atoms with Gasteiger partial charge in [-0.05, 0) is 35.3 Å². The van der Waals surface area contributed by atoms with Gasteiger partial charge in [-0.3, -0.25) is 0 Å². The van der Waals surface area contributed by atoms with E-state index in [-0.39, 0.29) is 4.47 Å². The predicted molar refractivity (Wildman–Crippen MR) is 62.1 cm³/mol. The second-order valence-electron chi connectivity index (χ2n) is 3.57. The van der Waals surface area contributed by atoms with Crippen molar-refractivity contribution >= 4 is 15.9 Å². The molecular formula is C11H13BrFNO. The van der Waals surface area contributed by atoms with E-state index in [1.165, 1.54) is 6.07 Å². The van der Waals surface area contributed by atoms with Crippen molar-refractivity contribution in [3.8, 4) is 5.75 Å². The fraction of sp³-hybridized carbons (Fsp3) is 0.273. The lowest BCUT2D eigenvalue weighted by Crippen LogP contribution is -2.11. The van der Waals surface area contributed by atoms with Crippen LogP contribution in [0.5, 0.6) is 5.75 Å². The van der Waals surface area contributed by atoms with Gasteiger partial charge in [0.1, 0.15) is 0 Å². The number of nitrogens with two attached hydrogens (primary N) is 1.